The minimum atomic E-state index is -5.02. The fourth-order valence-corrected chi connectivity index (χ4v) is 3.72. The number of hydrogen-bond donors (Lipinski definition) is 2. The molecule has 0 heterocycles. The van der Waals surface area contributed by atoms with Crippen molar-refractivity contribution in [3.8, 4) is 0 Å². The minimum Gasteiger partial charge on any atom is -0.445 e. The number of carbonyl (C=O) groups excluding carboxylic acids is 2. The number of halogens is 3. The smallest absolute Gasteiger partial charge is 0.445 e. The topological polar surface area (TPSA) is 148 Å². The van der Waals surface area contributed by atoms with Crippen LogP contribution in [-0.2, 0) is 19.6 Å². The third kappa shape index (κ3) is 9.44. The molecule has 11 nitrogen and oxygen atoms in total. The molecule has 1 aromatic carbocycles. The Kier molecular flexibility index (Phi) is 10.7. The van der Waals surface area contributed by atoms with Crippen molar-refractivity contribution in [2.45, 2.75) is 23.9 Å². The maximum Gasteiger partial charge on any atom is 0.471 e. The molecule has 0 aromatic heterocycles. The number of sulfonamides is 1. The van der Waals surface area contributed by atoms with Crippen LogP contribution in [0.15, 0.2) is 41.8 Å². The molecule has 0 saturated heterocycles. The molecule has 1 rings (SSSR count). The van der Waals surface area contributed by atoms with E-state index in [2.05, 4.69) is 11.3 Å². The highest BCUT2D eigenvalue weighted by molar-refractivity contribution is 7.89. The quantitative estimate of drug-likeness (QED) is 0.184. The van der Waals surface area contributed by atoms with Crippen LogP contribution in [0.25, 0.3) is 0 Å². The first kappa shape index (κ1) is 27.8. The standard InChI is InChI=1S/C18H23F3N4O7S/c1-2-13-32-17(27)24(11-5-9-22-16(26)18(19,20)21)12-6-10-23-33(30,31)15-8-4-3-7-14(15)25(28)29/h2-4,7-8,23H,1,5-6,9-13H2,(H,22,26). The molecule has 15 heteroatoms. The molecule has 0 bridgehead atoms. The zero-order valence-corrected chi connectivity index (χ0v) is 18.2. The van der Waals surface area contributed by atoms with Gasteiger partial charge in [-0.15, -0.1) is 0 Å². The fraction of sp³-hybridized carbons (Fsp3) is 0.444. The van der Waals surface area contributed by atoms with Crippen LogP contribution < -0.4 is 10.0 Å². The molecule has 0 aliphatic heterocycles. The van der Waals surface area contributed by atoms with Gasteiger partial charge in [0.05, 0.1) is 4.92 Å². The van der Waals surface area contributed by atoms with Crippen LogP contribution in [0.3, 0.4) is 0 Å². The predicted octanol–water partition coefficient (Wildman–Crippen LogP) is 1.96. The van der Waals surface area contributed by atoms with E-state index in [0.29, 0.717) is 0 Å². The second-order valence-electron chi connectivity index (χ2n) is 6.44. The van der Waals surface area contributed by atoms with Crippen LogP contribution in [0.2, 0.25) is 0 Å². The summed E-state index contributed by atoms with van der Waals surface area (Å²) in [5, 5.41) is 12.7. The molecule has 0 unspecified atom stereocenters. The van der Waals surface area contributed by atoms with E-state index in [0.717, 1.165) is 17.0 Å². The molecule has 0 aliphatic carbocycles. The number of hydrogen-bond acceptors (Lipinski definition) is 7. The molecular formula is C18H23F3N4O7S. The van der Waals surface area contributed by atoms with E-state index in [1.165, 1.54) is 18.2 Å². The highest BCUT2D eigenvalue weighted by Gasteiger charge is 2.38. The van der Waals surface area contributed by atoms with Gasteiger partial charge >= 0.3 is 18.2 Å². The Morgan fingerprint density at radius 1 is 1.18 bits per heavy atom. The average molecular weight is 496 g/mol. The lowest BCUT2D eigenvalue weighted by atomic mass is 10.3. The molecular weight excluding hydrogens is 473 g/mol. The molecule has 184 valence electrons. The number of rotatable bonds is 13. The Hall–Kier alpha value is -3.20. The van der Waals surface area contributed by atoms with Crippen molar-refractivity contribution in [1.29, 1.82) is 0 Å². The van der Waals surface area contributed by atoms with E-state index in [9.17, 15) is 41.3 Å². The first-order chi connectivity index (χ1) is 15.4. The number of amides is 2. The van der Waals surface area contributed by atoms with Gasteiger partial charge in [-0.1, -0.05) is 24.8 Å². The molecule has 0 atom stereocenters. The number of nitrogens with zero attached hydrogens (tertiary/aromatic N) is 2. The van der Waals surface area contributed by atoms with Gasteiger partial charge in [-0.2, -0.15) is 13.2 Å². The summed E-state index contributed by atoms with van der Waals surface area (Å²) >= 11 is 0. The number of benzene rings is 1. The van der Waals surface area contributed by atoms with Gasteiger partial charge in [0.15, 0.2) is 4.90 Å². The first-order valence-electron chi connectivity index (χ1n) is 9.51. The van der Waals surface area contributed by atoms with Crippen molar-refractivity contribution in [1.82, 2.24) is 14.9 Å². The second-order valence-corrected chi connectivity index (χ2v) is 8.17. The lowest BCUT2D eigenvalue weighted by Gasteiger charge is -2.22. The normalized spacial score (nSPS) is 11.5. The third-order valence-electron chi connectivity index (χ3n) is 3.98. The fourth-order valence-electron chi connectivity index (χ4n) is 2.48. The van der Waals surface area contributed by atoms with Gasteiger partial charge in [0.25, 0.3) is 5.69 Å². The molecule has 2 amide bonds. The second kappa shape index (κ2) is 12.7. The van der Waals surface area contributed by atoms with E-state index in [4.69, 9.17) is 4.74 Å². The monoisotopic (exact) mass is 496 g/mol. The summed E-state index contributed by atoms with van der Waals surface area (Å²) < 4.78 is 68.4. The Balaban J connectivity index is 2.64. The maximum atomic E-state index is 12.4. The number of carbonyl (C=O) groups is 2. The molecule has 0 aliphatic rings. The Bertz CT molecular complexity index is 955. The Morgan fingerprint density at radius 2 is 1.79 bits per heavy atom. The van der Waals surface area contributed by atoms with Crippen molar-refractivity contribution >= 4 is 27.7 Å². The zero-order chi connectivity index (χ0) is 25.1. The number of ether oxygens (including phenoxy) is 1. The van der Waals surface area contributed by atoms with Crippen LogP contribution >= 0.6 is 0 Å². The summed E-state index contributed by atoms with van der Waals surface area (Å²) in [4.78, 5) is 33.7. The van der Waals surface area contributed by atoms with Crippen LogP contribution in [0.1, 0.15) is 12.8 Å². The van der Waals surface area contributed by atoms with Gasteiger partial charge < -0.3 is 15.0 Å². The largest absolute Gasteiger partial charge is 0.471 e. The number of nitrogens with one attached hydrogen (secondary N) is 2. The maximum absolute atomic E-state index is 12.4. The van der Waals surface area contributed by atoms with Gasteiger partial charge in [-0.05, 0) is 18.9 Å². The highest BCUT2D eigenvalue weighted by atomic mass is 32.2. The van der Waals surface area contributed by atoms with Crippen molar-refractivity contribution in [2.24, 2.45) is 0 Å². The van der Waals surface area contributed by atoms with Gasteiger partial charge in [0, 0.05) is 32.2 Å². The van der Waals surface area contributed by atoms with Crippen molar-refractivity contribution < 1.29 is 40.8 Å². The van der Waals surface area contributed by atoms with Crippen molar-refractivity contribution in [3.05, 3.63) is 47.0 Å². The van der Waals surface area contributed by atoms with Crippen molar-refractivity contribution in [3.63, 3.8) is 0 Å². The van der Waals surface area contributed by atoms with Crippen LogP contribution in [0.4, 0.5) is 23.7 Å². The Labute approximate surface area is 187 Å². The SMILES string of the molecule is C=CCOC(=O)N(CCCNC(=O)C(F)(F)F)CCCNS(=O)(=O)c1ccccc1[N+](=O)[O-]. The van der Waals surface area contributed by atoms with Crippen LogP contribution in [-0.4, -0.2) is 69.2 Å². The highest BCUT2D eigenvalue weighted by Crippen LogP contribution is 2.22. The van der Waals surface area contributed by atoms with Gasteiger partial charge in [0.2, 0.25) is 10.0 Å². The number of nitro benzene ring substituents is 1. The molecule has 1 aromatic rings. The molecule has 0 radical (unpaired) electrons. The molecule has 2 N–H and O–H groups in total. The minimum absolute atomic E-state index is 0.0209. The summed E-state index contributed by atoms with van der Waals surface area (Å²) in [5.74, 6) is -2.10. The van der Waals surface area contributed by atoms with E-state index in [1.807, 2.05) is 0 Å². The summed E-state index contributed by atoms with van der Waals surface area (Å²) in [6.07, 6.45) is -4.47. The van der Waals surface area contributed by atoms with Gasteiger partial charge in [0.1, 0.15) is 6.61 Å². The summed E-state index contributed by atoms with van der Waals surface area (Å²) in [5.41, 5.74) is -0.597. The van der Waals surface area contributed by atoms with Crippen molar-refractivity contribution in [2.75, 3.05) is 32.8 Å². The summed E-state index contributed by atoms with van der Waals surface area (Å²) in [6, 6.07) is 4.77. The van der Waals surface area contributed by atoms with E-state index >= 15 is 0 Å². The lowest BCUT2D eigenvalue weighted by molar-refractivity contribution is -0.387. The predicted molar refractivity (Wildman–Crippen MR) is 110 cm³/mol. The zero-order valence-electron chi connectivity index (χ0n) is 17.3. The molecule has 33 heavy (non-hydrogen) atoms. The molecule has 0 saturated carbocycles. The van der Waals surface area contributed by atoms with E-state index in [-0.39, 0.29) is 45.6 Å². The van der Waals surface area contributed by atoms with Crippen LogP contribution in [0, 0.1) is 10.1 Å². The lowest BCUT2D eigenvalue weighted by Crippen LogP contribution is -2.40. The number of nitro groups is 1. The van der Waals surface area contributed by atoms with Gasteiger partial charge in [-0.25, -0.2) is 17.9 Å². The Morgan fingerprint density at radius 3 is 2.36 bits per heavy atom. The van der Waals surface area contributed by atoms with Gasteiger partial charge in [-0.3, -0.25) is 14.9 Å². The molecule has 0 fully saturated rings. The number of alkyl halides is 3. The van der Waals surface area contributed by atoms with E-state index in [1.54, 1.807) is 5.32 Å². The first-order valence-corrected chi connectivity index (χ1v) is 11.0. The third-order valence-corrected chi connectivity index (χ3v) is 5.49. The molecule has 0 spiro atoms. The average Bonchev–Trinajstić information content (AvgIpc) is 2.75. The van der Waals surface area contributed by atoms with Crippen LogP contribution in [0.5, 0.6) is 0 Å². The van der Waals surface area contributed by atoms with E-state index < -0.39 is 43.7 Å². The summed E-state index contributed by atoms with van der Waals surface area (Å²) in [7, 11) is -4.21. The number of para-hydroxylation sites is 1. The summed E-state index contributed by atoms with van der Waals surface area (Å²) in [6.45, 7) is 2.60.